The van der Waals surface area contributed by atoms with E-state index in [1.165, 1.54) is 0 Å². The van der Waals surface area contributed by atoms with Gasteiger partial charge in [-0.25, -0.2) is 26.3 Å². The van der Waals surface area contributed by atoms with Crippen LogP contribution in [0.3, 0.4) is 0 Å². The van der Waals surface area contributed by atoms with E-state index in [1.807, 2.05) is 98.8 Å². The van der Waals surface area contributed by atoms with Crippen LogP contribution in [-0.2, 0) is 33.1 Å². The second kappa shape index (κ2) is 12.0. The van der Waals surface area contributed by atoms with Crippen molar-refractivity contribution in [1.82, 2.24) is 9.44 Å². The van der Waals surface area contributed by atoms with Crippen molar-refractivity contribution in [3.63, 3.8) is 0 Å². The molecule has 0 aliphatic rings. The van der Waals surface area contributed by atoms with E-state index in [1.54, 1.807) is 36.4 Å². The highest BCUT2D eigenvalue weighted by Gasteiger charge is 2.22. The molecule has 8 heteroatoms. The number of rotatable bonds is 9. The van der Waals surface area contributed by atoms with E-state index < -0.39 is 20.0 Å². The molecular formula is C36H32N2O4S2. The summed E-state index contributed by atoms with van der Waals surface area (Å²) in [7, 11) is -7.67. The first-order valence-electron chi connectivity index (χ1n) is 14.3. The lowest BCUT2D eigenvalue weighted by Crippen LogP contribution is -2.25. The Morgan fingerprint density at radius 2 is 0.818 bits per heavy atom. The van der Waals surface area contributed by atoms with Crippen molar-refractivity contribution < 1.29 is 16.8 Å². The Kier molecular flexibility index (Phi) is 8.09. The van der Waals surface area contributed by atoms with Gasteiger partial charge in [-0.05, 0) is 70.1 Å². The molecule has 0 aromatic heterocycles. The Labute approximate surface area is 258 Å². The van der Waals surface area contributed by atoms with Crippen LogP contribution in [0.2, 0.25) is 0 Å². The van der Waals surface area contributed by atoms with Gasteiger partial charge in [0.1, 0.15) is 0 Å². The average Bonchev–Trinajstić information content (AvgIpc) is 3.03. The Balaban J connectivity index is 1.33. The van der Waals surface area contributed by atoms with Crippen molar-refractivity contribution in [2.75, 3.05) is 0 Å². The summed E-state index contributed by atoms with van der Waals surface area (Å²) < 4.78 is 59.8. The molecule has 0 spiro atoms. The highest BCUT2D eigenvalue weighted by Crippen LogP contribution is 2.34. The molecule has 6 rings (SSSR count). The Morgan fingerprint density at radius 1 is 0.455 bits per heavy atom. The lowest BCUT2D eigenvalue weighted by atomic mass is 9.88. The van der Waals surface area contributed by atoms with E-state index in [0.717, 1.165) is 44.2 Å². The van der Waals surface area contributed by atoms with Gasteiger partial charge in [-0.15, -0.1) is 0 Å². The van der Waals surface area contributed by atoms with E-state index >= 15 is 0 Å². The van der Waals surface area contributed by atoms with Crippen molar-refractivity contribution >= 4 is 41.6 Å². The minimum atomic E-state index is -3.84. The number of fused-ring (bicyclic) bond motifs is 2. The van der Waals surface area contributed by atoms with E-state index in [2.05, 4.69) is 9.44 Å². The van der Waals surface area contributed by atoms with Gasteiger partial charge in [-0.3, -0.25) is 0 Å². The van der Waals surface area contributed by atoms with E-state index in [-0.39, 0.29) is 22.9 Å². The summed E-state index contributed by atoms with van der Waals surface area (Å²) in [6, 6.07) is 36.9. The van der Waals surface area contributed by atoms with Gasteiger partial charge in [0.2, 0.25) is 20.0 Å². The van der Waals surface area contributed by atoms with Gasteiger partial charge < -0.3 is 0 Å². The zero-order chi connectivity index (χ0) is 30.9. The molecule has 0 atom stereocenters. The van der Waals surface area contributed by atoms with Crippen LogP contribution in [0.25, 0.3) is 32.7 Å². The molecule has 44 heavy (non-hydrogen) atoms. The van der Waals surface area contributed by atoms with Crippen molar-refractivity contribution in [2.45, 2.75) is 36.7 Å². The number of benzene rings is 6. The quantitative estimate of drug-likeness (QED) is 0.178. The normalized spacial score (nSPS) is 12.1. The summed E-state index contributed by atoms with van der Waals surface area (Å²) in [4.78, 5) is 0.452. The molecule has 0 saturated carbocycles. The third-order valence-electron chi connectivity index (χ3n) is 7.95. The van der Waals surface area contributed by atoms with Crippen molar-refractivity contribution in [1.29, 1.82) is 0 Å². The smallest absolute Gasteiger partial charge is 0.207 e. The monoisotopic (exact) mass is 620 g/mol. The fourth-order valence-corrected chi connectivity index (χ4v) is 8.30. The third kappa shape index (κ3) is 5.77. The fraction of sp³-hybridized carbons (Fsp3) is 0.111. The van der Waals surface area contributed by atoms with Crippen LogP contribution in [-0.4, -0.2) is 16.8 Å². The standard InChI is InChI=1S/C36H32N2O4S2/c1-25-11-7-17-29(23-37-43(39,40)33-21-9-15-27-13-3-5-19-31(27)33)35(25)36-26(2)12-8-18-30(36)24-38-44(41,42)34-22-10-16-28-14-4-6-20-32(28)34/h3-22,37-38H,23-24H2,1-2H3. The molecule has 6 nitrogen and oxygen atoms in total. The Morgan fingerprint density at radius 3 is 1.25 bits per heavy atom. The zero-order valence-electron chi connectivity index (χ0n) is 24.4. The number of aryl methyl sites for hydroxylation is 2. The molecule has 6 aromatic carbocycles. The van der Waals surface area contributed by atoms with Crippen molar-refractivity contribution in [2.24, 2.45) is 0 Å². The van der Waals surface area contributed by atoms with Crippen LogP contribution >= 0.6 is 0 Å². The molecule has 6 aromatic rings. The van der Waals surface area contributed by atoms with E-state index in [4.69, 9.17) is 0 Å². The van der Waals surface area contributed by atoms with Crippen LogP contribution in [0.1, 0.15) is 22.3 Å². The minimum Gasteiger partial charge on any atom is -0.207 e. The number of hydrogen-bond donors (Lipinski definition) is 2. The van der Waals surface area contributed by atoms with Crippen LogP contribution in [0.4, 0.5) is 0 Å². The summed E-state index contributed by atoms with van der Waals surface area (Å²) in [5, 5.41) is 3.02. The van der Waals surface area contributed by atoms with Crippen LogP contribution in [0, 0.1) is 13.8 Å². The predicted octanol–water partition coefficient (Wildman–Crippen LogP) is 7.23. The van der Waals surface area contributed by atoms with Gasteiger partial charge in [0.05, 0.1) is 9.79 Å². The molecule has 0 bridgehead atoms. The van der Waals surface area contributed by atoms with Crippen molar-refractivity contribution in [3.05, 3.63) is 144 Å². The van der Waals surface area contributed by atoms with Gasteiger partial charge in [0.25, 0.3) is 0 Å². The Hall–Kier alpha value is -4.34. The molecule has 0 heterocycles. The van der Waals surface area contributed by atoms with E-state index in [0.29, 0.717) is 10.8 Å². The highest BCUT2D eigenvalue weighted by atomic mass is 32.2. The van der Waals surface area contributed by atoms with Gasteiger partial charge in [-0.2, -0.15) is 0 Å². The molecule has 0 aliphatic heterocycles. The maximum Gasteiger partial charge on any atom is 0.241 e. The van der Waals surface area contributed by atoms with Crippen molar-refractivity contribution in [3.8, 4) is 11.1 Å². The summed E-state index contributed by atoms with van der Waals surface area (Å²) in [5.41, 5.74) is 5.26. The number of hydrogen-bond acceptors (Lipinski definition) is 4. The summed E-state index contributed by atoms with van der Waals surface area (Å²) in [5.74, 6) is 0. The number of sulfonamides is 2. The first-order chi connectivity index (χ1) is 21.2. The number of nitrogens with one attached hydrogen (secondary N) is 2. The first kappa shape index (κ1) is 29.7. The summed E-state index contributed by atoms with van der Waals surface area (Å²) >= 11 is 0. The molecule has 2 N–H and O–H groups in total. The average molecular weight is 621 g/mol. The molecular weight excluding hydrogens is 589 g/mol. The van der Waals surface area contributed by atoms with Gasteiger partial charge >= 0.3 is 0 Å². The maximum atomic E-state index is 13.5. The Bertz CT molecular complexity index is 2070. The SMILES string of the molecule is Cc1cccc(CNS(=O)(=O)c2cccc3ccccc23)c1-c1c(C)cccc1CNS(=O)(=O)c1cccc2ccccc12. The van der Waals surface area contributed by atoms with Gasteiger partial charge in [0, 0.05) is 23.9 Å². The summed E-state index contributed by atoms with van der Waals surface area (Å²) in [6.07, 6.45) is 0. The molecule has 0 radical (unpaired) electrons. The maximum absolute atomic E-state index is 13.5. The predicted molar refractivity (Wildman–Crippen MR) is 177 cm³/mol. The molecule has 0 saturated heterocycles. The highest BCUT2D eigenvalue weighted by molar-refractivity contribution is 7.90. The van der Waals surface area contributed by atoms with Gasteiger partial charge in [-0.1, -0.05) is 109 Å². The lowest BCUT2D eigenvalue weighted by Gasteiger charge is -2.20. The fourth-order valence-electron chi connectivity index (χ4n) is 5.83. The molecule has 0 amide bonds. The van der Waals surface area contributed by atoms with E-state index in [9.17, 15) is 16.8 Å². The zero-order valence-corrected chi connectivity index (χ0v) is 26.0. The second-order valence-corrected chi connectivity index (χ2v) is 14.3. The van der Waals surface area contributed by atoms with Crippen LogP contribution in [0.15, 0.2) is 131 Å². The first-order valence-corrected chi connectivity index (χ1v) is 17.2. The lowest BCUT2D eigenvalue weighted by molar-refractivity contribution is 0.580. The molecule has 0 unspecified atom stereocenters. The minimum absolute atomic E-state index is 0.0675. The largest absolute Gasteiger partial charge is 0.241 e. The van der Waals surface area contributed by atoms with Crippen LogP contribution < -0.4 is 9.44 Å². The topological polar surface area (TPSA) is 92.3 Å². The summed E-state index contributed by atoms with van der Waals surface area (Å²) in [6.45, 7) is 4.10. The van der Waals surface area contributed by atoms with Gasteiger partial charge in [0.15, 0.2) is 0 Å². The molecule has 0 fully saturated rings. The molecule has 0 aliphatic carbocycles. The molecule has 222 valence electrons. The third-order valence-corrected chi connectivity index (χ3v) is 10.9. The second-order valence-electron chi connectivity index (χ2n) is 10.8. The van der Waals surface area contributed by atoms with Crippen LogP contribution in [0.5, 0.6) is 0 Å².